The molecule has 2 aromatic heterocycles. The summed E-state index contributed by atoms with van der Waals surface area (Å²) in [6, 6.07) is 83.6. The second kappa shape index (κ2) is 14.1. The fraction of sp³-hybridized carbons (Fsp3) is 0. The first-order valence-corrected chi connectivity index (χ1v) is 21.6. The van der Waals surface area contributed by atoms with Gasteiger partial charge in [0.05, 0.1) is 28.1 Å². The lowest BCUT2D eigenvalue weighted by Crippen LogP contribution is -2.13. The fourth-order valence-electron chi connectivity index (χ4n) is 10.3. The van der Waals surface area contributed by atoms with E-state index in [1.807, 2.05) is 6.07 Å². The first-order valence-electron chi connectivity index (χ1n) is 21.6. The maximum atomic E-state index is 6.73. The van der Waals surface area contributed by atoms with Crippen molar-refractivity contribution in [3.63, 3.8) is 0 Å². The predicted molar refractivity (Wildman–Crippen MR) is 266 cm³/mol. The SMILES string of the molecule is c1ccc(N(c2ccc3c4ccccc4c4ccccc4c3c2)c2ccccc2-c2cccc3c2oc2ccccc23)c(-c2ccccc2-n2c3ccccc3c3ccccc32)c1. The predicted octanol–water partition coefficient (Wildman–Crippen LogP) is 16.9. The smallest absolute Gasteiger partial charge is 0.143 e. The maximum absolute atomic E-state index is 6.73. The topological polar surface area (TPSA) is 21.3 Å². The summed E-state index contributed by atoms with van der Waals surface area (Å²) in [5.74, 6) is 0. The molecule has 2 heterocycles. The molecule has 294 valence electrons. The zero-order valence-electron chi connectivity index (χ0n) is 34.2. The molecule has 0 N–H and O–H groups in total. The molecule has 0 unspecified atom stereocenters. The van der Waals surface area contributed by atoms with Gasteiger partial charge in [0.1, 0.15) is 11.2 Å². The Morgan fingerprint density at radius 1 is 0.302 bits per heavy atom. The number of rotatable bonds is 6. The Morgan fingerprint density at radius 3 is 1.40 bits per heavy atom. The van der Waals surface area contributed by atoms with E-state index in [0.29, 0.717) is 0 Å². The summed E-state index contributed by atoms with van der Waals surface area (Å²) in [5.41, 5.74) is 12.8. The normalized spacial score (nSPS) is 11.8. The third kappa shape index (κ3) is 5.40. The second-order valence-corrected chi connectivity index (χ2v) is 16.4. The van der Waals surface area contributed by atoms with Crippen LogP contribution in [0.3, 0.4) is 0 Å². The summed E-state index contributed by atoms with van der Waals surface area (Å²) in [5, 5.41) is 12.1. The van der Waals surface area contributed by atoms with Crippen LogP contribution < -0.4 is 4.90 Å². The van der Waals surface area contributed by atoms with E-state index in [1.54, 1.807) is 0 Å². The molecular weight excluding hydrogens is 765 g/mol. The molecule has 0 atom stereocenters. The number of aromatic nitrogens is 1. The molecule has 0 spiro atoms. The van der Waals surface area contributed by atoms with Gasteiger partial charge in [0.25, 0.3) is 0 Å². The highest BCUT2D eigenvalue weighted by Gasteiger charge is 2.25. The van der Waals surface area contributed by atoms with Crippen LogP contribution in [0, 0.1) is 0 Å². The second-order valence-electron chi connectivity index (χ2n) is 16.4. The van der Waals surface area contributed by atoms with Crippen LogP contribution in [0.15, 0.2) is 235 Å². The molecule has 0 bridgehead atoms. The Balaban J connectivity index is 1.11. The van der Waals surface area contributed by atoms with Crippen molar-refractivity contribution >= 4 is 93.1 Å². The van der Waals surface area contributed by atoms with Gasteiger partial charge < -0.3 is 13.9 Å². The number of furan rings is 1. The van der Waals surface area contributed by atoms with Gasteiger partial charge in [-0.3, -0.25) is 0 Å². The van der Waals surface area contributed by atoms with Gasteiger partial charge in [0.15, 0.2) is 0 Å². The summed E-state index contributed by atoms with van der Waals surface area (Å²) in [6.45, 7) is 0. The van der Waals surface area contributed by atoms with Crippen LogP contribution in [0.4, 0.5) is 17.1 Å². The van der Waals surface area contributed by atoms with E-state index in [-0.39, 0.29) is 0 Å². The third-order valence-corrected chi connectivity index (χ3v) is 13.0. The highest BCUT2D eigenvalue weighted by Crippen LogP contribution is 2.49. The van der Waals surface area contributed by atoms with Crippen LogP contribution in [0.25, 0.3) is 104 Å². The largest absolute Gasteiger partial charge is 0.455 e. The Labute approximate surface area is 363 Å². The monoisotopic (exact) mass is 802 g/mol. The maximum Gasteiger partial charge on any atom is 0.143 e. The lowest BCUT2D eigenvalue weighted by Gasteiger charge is -2.30. The van der Waals surface area contributed by atoms with E-state index in [4.69, 9.17) is 4.42 Å². The van der Waals surface area contributed by atoms with E-state index < -0.39 is 0 Å². The number of hydrogen-bond acceptors (Lipinski definition) is 2. The number of benzene rings is 11. The minimum Gasteiger partial charge on any atom is -0.455 e. The zero-order chi connectivity index (χ0) is 41.4. The van der Waals surface area contributed by atoms with Gasteiger partial charge >= 0.3 is 0 Å². The summed E-state index contributed by atoms with van der Waals surface area (Å²) in [7, 11) is 0. The number of hydrogen-bond donors (Lipinski definition) is 0. The first kappa shape index (κ1) is 35.4. The van der Waals surface area contributed by atoms with Gasteiger partial charge in [0, 0.05) is 49.5 Å². The van der Waals surface area contributed by atoms with Gasteiger partial charge in [-0.15, -0.1) is 0 Å². The van der Waals surface area contributed by atoms with Crippen LogP contribution in [-0.2, 0) is 0 Å². The molecule has 0 aliphatic rings. The highest BCUT2D eigenvalue weighted by atomic mass is 16.3. The molecule has 0 radical (unpaired) electrons. The minimum atomic E-state index is 0.882. The van der Waals surface area contributed by atoms with Crippen molar-refractivity contribution in [3.05, 3.63) is 231 Å². The molecule has 13 rings (SSSR count). The number of para-hydroxylation sites is 7. The first-order chi connectivity index (χ1) is 31.3. The minimum absolute atomic E-state index is 0.882. The third-order valence-electron chi connectivity index (χ3n) is 13.0. The Bertz CT molecular complexity index is 3860. The Kier molecular flexibility index (Phi) is 7.91. The number of anilines is 3. The number of fused-ring (bicyclic) bond motifs is 12. The molecular formula is C60H38N2O. The Hall–Kier alpha value is -8.40. The molecule has 0 saturated heterocycles. The van der Waals surface area contributed by atoms with Gasteiger partial charge in [-0.25, -0.2) is 0 Å². The molecule has 3 nitrogen and oxygen atoms in total. The fourth-order valence-corrected chi connectivity index (χ4v) is 10.3. The average Bonchev–Trinajstić information content (AvgIpc) is 3.91. The van der Waals surface area contributed by atoms with E-state index in [1.165, 1.54) is 54.1 Å². The average molecular weight is 803 g/mol. The lowest BCUT2D eigenvalue weighted by atomic mass is 9.93. The van der Waals surface area contributed by atoms with Crippen molar-refractivity contribution in [2.75, 3.05) is 4.90 Å². The van der Waals surface area contributed by atoms with Crippen LogP contribution >= 0.6 is 0 Å². The van der Waals surface area contributed by atoms with Crippen molar-refractivity contribution in [3.8, 4) is 27.9 Å². The van der Waals surface area contributed by atoms with Gasteiger partial charge in [0.2, 0.25) is 0 Å². The van der Waals surface area contributed by atoms with Crippen LogP contribution in [-0.4, -0.2) is 4.57 Å². The van der Waals surface area contributed by atoms with Crippen LogP contribution in [0.2, 0.25) is 0 Å². The van der Waals surface area contributed by atoms with Crippen molar-refractivity contribution in [1.29, 1.82) is 0 Å². The Morgan fingerprint density at radius 2 is 0.746 bits per heavy atom. The van der Waals surface area contributed by atoms with Gasteiger partial charge in [-0.2, -0.15) is 0 Å². The molecule has 11 aromatic carbocycles. The van der Waals surface area contributed by atoms with Crippen molar-refractivity contribution < 1.29 is 4.42 Å². The summed E-state index contributed by atoms with van der Waals surface area (Å²) < 4.78 is 9.17. The molecule has 13 aromatic rings. The molecule has 3 heteroatoms. The molecule has 0 saturated carbocycles. The summed E-state index contributed by atoms with van der Waals surface area (Å²) in [4.78, 5) is 2.47. The van der Waals surface area contributed by atoms with Crippen molar-refractivity contribution in [2.45, 2.75) is 0 Å². The highest BCUT2D eigenvalue weighted by molar-refractivity contribution is 6.26. The zero-order valence-corrected chi connectivity index (χ0v) is 34.2. The van der Waals surface area contributed by atoms with Crippen molar-refractivity contribution in [2.24, 2.45) is 0 Å². The molecule has 0 amide bonds. The summed E-state index contributed by atoms with van der Waals surface area (Å²) in [6.07, 6.45) is 0. The van der Waals surface area contributed by atoms with Gasteiger partial charge in [-0.1, -0.05) is 182 Å². The molecule has 0 aliphatic carbocycles. The van der Waals surface area contributed by atoms with Crippen molar-refractivity contribution in [1.82, 2.24) is 4.57 Å². The van der Waals surface area contributed by atoms with Crippen LogP contribution in [0.1, 0.15) is 0 Å². The molecule has 0 aliphatic heterocycles. The quantitative estimate of drug-likeness (QED) is 0.156. The molecule has 0 fully saturated rings. The van der Waals surface area contributed by atoms with Gasteiger partial charge in [-0.05, 0) is 80.8 Å². The van der Waals surface area contributed by atoms with E-state index in [2.05, 4.69) is 234 Å². The lowest BCUT2D eigenvalue weighted by molar-refractivity contribution is 0.670. The van der Waals surface area contributed by atoms with E-state index in [9.17, 15) is 0 Å². The standard InChI is InChI=1S/C60H38N2O/c1-2-20-42-40(18-1)41-19-3-4-21-43(41)53-38-39(36-37-44(42)53)61(55-31-12-9-26-49(55)51-28-17-29-52-50-27-10-16-35-59(50)63-60(51)52)54-30-11-5-22-45(54)46-23-6-13-32-56(46)62-57-33-14-7-24-47(57)48-25-8-15-34-58(48)62/h1-38H. The van der Waals surface area contributed by atoms with E-state index >= 15 is 0 Å². The molecule has 63 heavy (non-hydrogen) atoms. The number of nitrogens with zero attached hydrogens (tertiary/aromatic N) is 2. The van der Waals surface area contributed by atoms with E-state index in [0.717, 1.165) is 66.9 Å². The summed E-state index contributed by atoms with van der Waals surface area (Å²) >= 11 is 0. The van der Waals surface area contributed by atoms with Crippen LogP contribution in [0.5, 0.6) is 0 Å².